The van der Waals surface area contributed by atoms with Gasteiger partial charge in [0.15, 0.2) is 5.16 Å². The number of nitrogens with zero attached hydrogens (tertiary/aromatic N) is 3. The zero-order valence-electron chi connectivity index (χ0n) is 9.64. The first-order chi connectivity index (χ1) is 8.20. The number of hydrogen-bond donors (Lipinski definition) is 1. The van der Waals surface area contributed by atoms with E-state index in [9.17, 15) is 0 Å². The summed E-state index contributed by atoms with van der Waals surface area (Å²) in [7, 11) is 3.83. The summed E-state index contributed by atoms with van der Waals surface area (Å²) in [5.41, 5.74) is 1.25. The summed E-state index contributed by atoms with van der Waals surface area (Å²) >= 11 is 5.18. The zero-order chi connectivity index (χ0) is 12.3. The highest BCUT2D eigenvalue weighted by Crippen LogP contribution is 2.32. The van der Waals surface area contributed by atoms with Crippen molar-refractivity contribution in [2.45, 2.75) is 16.6 Å². The number of benzene rings is 1. The maximum atomic E-state index is 4.19. The Balaban J connectivity index is 2.19. The van der Waals surface area contributed by atoms with Crippen LogP contribution in [0.5, 0.6) is 0 Å². The lowest BCUT2D eigenvalue weighted by Crippen LogP contribution is -2.04. The molecule has 1 heterocycles. The summed E-state index contributed by atoms with van der Waals surface area (Å²) in [5.74, 6) is 0. The van der Waals surface area contributed by atoms with Crippen molar-refractivity contribution >= 4 is 27.7 Å². The molecule has 2 aromatic rings. The standard InChI is InChI=1S/C11H13BrN4S/c1-13-6-8-3-4-10(9(12)5-8)17-11-14-7-15-16(11)2/h3-5,7,13H,6H2,1-2H3. The van der Waals surface area contributed by atoms with Gasteiger partial charge in [-0.15, -0.1) is 0 Å². The maximum absolute atomic E-state index is 4.19. The number of hydrogen-bond acceptors (Lipinski definition) is 4. The molecule has 1 aromatic carbocycles. The third-order valence-corrected chi connectivity index (χ3v) is 4.29. The molecule has 0 radical (unpaired) electrons. The fraction of sp³-hybridized carbons (Fsp3) is 0.273. The highest BCUT2D eigenvalue weighted by molar-refractivity contribution is 9.10. The molecule has 0 aliphatic rings. The van der Waals surface area contributed by atoms with E-state index in [1.54, 1.807) is 22.8 Å². The molecule has 0 saturated carbocycles. The van der Waals surface area contributed by atoms with E-state index in [0.717, 1.165) is 21.1 Å². The van der Waals surface area contributed by atoms with E-state index in [1.165, 1.54) is 5.56 Å². The largest absolute Gasteiger partial charge is 0.316 e. The average Bonchev–Trinajstić information content (AvgIpc) is 2.69. The minimum absolute atomic E-state index is 0.869. The molecule has 90 valence electrons. The van der Waals surface area contributed by atoms with Crippen LogP contribution >= 0.6 is 27.7 Å². The molecule has 0 bridgehead atoms. The quantitative estimate of drug-likeness (QED) is 0.941. The monoisotopic (exact) mass is 312 g/mol. The molecular weight excluding hydrogens is 300 g/mol. The maximum Gasteiger partial charge on any atom is 0.190 e. The van der Waals surface area contributed by atoms with Gasteiger partial charge >= 0.3 is 0 Å². The van der Waals surface area contributed by atoms with Gasteiger partial charge in [-0.3, -0.25) is 0 Å². The van der Waals surface area contributed by atoms with Crippen molar-refractivity contribution in [2.75, 3.05) is 7.05 Å². The third kappa shape index (κ3) is 3.08. The lowest BCUT2D eigenvalue weighted by atomic mass is 10.2. The second kappa shape index (κ2) is 5.66. The summed E-state index contributed by atoms with van der Waals surface area (Å²) in [6.07, 6.45) is 1.56. The van der Waals surface area contributed by atoms with Crippen molar-refractivity contribution in [3.63, 3.8) is 0 Å². The van der Waals surface area contributed by atoms with E-state index in [2.05, 4.69) is 49.5 Å². The molecule has 0 saturated heterocycles. The van der Waals surface area contributed by atoms with Crippen molar-refractivity contribution in [3.8, 4) is 0 Å². The Morgan fingerprint density at radius 2 is 2.29 bits per heavy atom. The van der Waals surface area contributed by atoms with Crippen LogP contribution in [-0.4, -0.2) is 21.8 Å². The SMILES string of the molecule is CNCc1ccc(Sc2ncnn2C)c(Br)c1. The second-order valence-electron chi connectivity index (χ2n) is 3.56. The van der Waals surface area contributed by atoms with E-state index >= 15 is 0 Å². The zero-order valence-corrected chi connectivity index (χ0v) is 12.0. The topological polar surface area (TPSA) is 42.7 Å². The normalized spacial score (nSPS) is 10.8. The van der Waals surface area contributed by atoms with Crippen LogP contribution in [0.25, 0.3) is 0 Å². The fourth-order valence-corrected chi connectivity index (χ4v) is 2.85. The Morgan fingerprint density at radius 3 is 2.88 bits per heavy atom. The highest BCUT2D eigenvalue weighted by atomic mass is 79.9. The summed E-state index contributed by atoms with van der Waals surface area (Å²) < 4.78 is 2.84. The number of aromatic nitrogens is 3. The molecule has 0 aliphatic heterocycles. The van der Waals surface area contributed by atoms with Crippen LogP contribution in [0.4, 0.5) is 0 Å². The van der Waals surface area contributed by atoms with Crippen molar-refractivity contribution < 1.29 is 0 Å². The molecule has 2 rings (SSSR count). The minimum Gasteiger partial charge on any atom is -0.316 e. The molecule has 0 unspecified atom stereocenters. The molecule has 1 N–H and O–H groups in total. The molecule has 0 atom stereocenters. The smallest absolute Gasteiger partial charge is 0.190 e. The number of aryl methyl sites for hydroxylation is 1. The van der Waals surface area contributed by atoms with Gasteiger partial charge in [0.2, 0.25) is 0 Å². The van der Waals surface area contributed by atoms with Crippen molar-refractivity contribution in [1.82, 2.24) is 20.1 Å². The van der Waals surface area contributed by atoms with E-state index in [-0.39, 0.29) is 0 Å². The van der Waals surface area contributed by atoms with E-state index in [0.29, 0.717) is 0 Å². The van der Waals surface area contributed by atoms with Crippen LogP contribution in [-0.2, 0) is 13.6 Å². The minimum atomic E-state index is 0.869. The van der Waals surface area contributed by atoms with Gasteiger partial charge in [0.05, 0.1) is 0 Å². The van der Waals surface area contributed by atoms with Crippen LogP contribution in [0.3, 0.4) is 0 Å². The predicted octanol–water partition coefficient (Wildman–Crippen LogP) is 2.45. The number of halogens is 1. The first-order valence-electron chi connectivity index (χ1n) is 5.15. The summed E-state index contributed by atoms with van der Waals surface area (Å²) in [6, 6.07) is 6.32. The van der Waals surface area contributed by atoms with Gasteiger partial charge in [-0.25, -0.2) is 9.67 Å². The van der Waals surface area contributed by atoms with Gasteiger partial charge in [-0.2, -0.15) is 5.10 Å². The first-order valence-corrected chi connectivity index (χ1v) is 6.76. The van der Waals surface area contributed by atoms with Gasteiger partial charge in [0.25, 0.3) is 0 Å². The van der Waals surface area contributed by atoms with Gasteiger partial charge in [-0.1, -0.05) is 6.07 Å². The third-order valence-electron chi connectivity index (χ3n) is 2.25. The molecule has 0 amide bonds. The molecule has 4 nitrogen and oxygen atoms in total. The molecule has 0 aliphatic carbocycles. The van der Waals surface area contributed by atoms with Crippen LogP contribution in [0.2, 0.25) is 0 Å². The van der Waals surface area contributed by atoms with Gasteiger partial charge < -0.3 is 5.32 Å². The molecule has 0 fully saturated rings. The Bertz CT molecular complexity index is 512. The Labute approximate surface area is 113 Å². The molecule has 0 spiro atoms. The van der Waals surface area contributed by atoms with Gasteiger partial charge in [-0.05, 0) is 52.4 Å². The average molecular weight is 313 g/mol. The highest BCUT2D eigenvalue weighted by Gasteiger charge is 2.07. The van der Waals surface area contributed by atoms with Crippen LogP contribution in [0.1, 0.15) is 5.56 Å². The molecule has 17 heavy (non-hydrogen) atoms. The van der Waals surface area contributed by atoms with Crippen LogP contribution < -0.4 is 5.32 Å². The summed E-state index contributed by atoms with van der Waals surface area (Å²) in [4.78, 5) is 5.33. The summed E-state index contributed by atoms with van der Waals surface area (Å²) in [5, 5.41) is 8.06. The predicted molar refractivity (Wildman–Crippen MR) is 72.0 cm³/mol. The van der Waals surface area contributed by atoms with Crippen molar-refractivity contribution in [2.24, 2.45) is 7.05 Å². The first kappa shape index (κ1) is 12.6. The molecule has 1 aromatic heterocycles. The summed E-state index contributed by atoms with van der Waals surface area (Å²) in [6.45, 7) is 0.869. The van der Waals surface area contributed by atoms with Crippen molar-refractivity contribution in [1.29, 1.82) is 0 Å². The Hall–Kier alpha value is -0.850. The second-order valence-corrected chi connectivity index (χ2v) is 5.43. The Morgan fingerprint density at radius 1 is 1.47 bits per heavy atom. The lowest BCUT2D eigenvalue weighted by Gasteiger charge is -2.06. The Kier molecular flexibility index (Phi) is 4.20. The van der Waals surface area contributed by atoms with Crippen molar-refractivity contribution in [3.05, 3.63) is 34.6 Å². The number of rotatable bonds is 4. The molecule has 6 heteroatoms. The van der Waals surface area contributed by atoms with Crippen LogP contribution in [0.15, 0.2) is 39.1 Å². The van der Waals surface area contributed by atoms with Gasteiger partial charge in [0, 0.05) is 23.0 Å². The molecular formula is C11H13BrN4S. The van der Waals surface area contributed by atoms with Crippen LogP contribution in [0, 0.1) is 0 Å². The fourth-order valence-electron chi connectivity index (χ4n) is 1.42. The van der Waals surface area contributed by atoms with Gasteiger partial charge in [0.1, 0.15) is 6.33 Å². The van der Waals surface area contributed by atoms with E-state index < -0.39 is 0 Å². The van der Waals surface area contributed by atoms with E-state index in [4.69, 9.17) is 0 Å². The number of nitrogens with one attached hydrogen (secondary N) is 1. The lowest BCUT2D eigenvalue weighted by molar-refractivity contribution is 0.685. The van der Waals surface area contributed by atoms with E-state index in [1.807, 2.05) is 14.1 Å².